The van der Waals surface area contributed by atoms with Crippen LogP contribution in [-0.2, 0) is 22.5 Å². The van der Waals surface area contributed by atoms with Crippen LogP contribution in [-0.4, -0.2) is 31.5 Å². The maximum absolute atomic E-state index is 13.0. The molecule has 3 aromatic rings. The quantitative estimate of drug-likeness (QED) is 0.388. The number of carbonyl (C=O) groups excluding carboxylic acids is 1. The van der Waals surface area contributed by atoms with Gasteiger partial charge in [-0.25, -0.2) is 9.78 Å². The molecule has 158 valence electrons. The van der Waals surface area contributed by atoms with Gasteiger partial charge in [-0.1, -0.05) is 40.2 Å². The Morgan fingerprint density at radius 3 is 2.43 bits per heavy atom. The summed E-state index contributed by atoms with van der Waals surface area (Å²) in [5, 5.41) is 0.416. The summed E-state index contributed by atoms with van der Waals surface area (Å²) in [7, 11) is 0. The summed E-state index contributed by atoms with van der Waals surface area (Å²) < 4.78 is 7.80. The first-order chi connectivity index (χ1) is 14.3. The minimum atomic E-state index is -0.409. The van der Waals surface area contributed by atoms with E-state index in [4.69, 9.17) is 4.74 Å². The van der Waals surface area contributed by atoms with Gasteiger partial charge in [0.1, 0.15) is 10.5 Å². The number of aromatic nitrogens is 3. The number of benzene rings is 1. The first kappa shape index (κ1) is 22.0. The largest absolute Gasteiger partial charge is 0.465 e. The highest BCUT2D eigenvalue weighted by Crippen LogP contribution is 2.15. The molecule has 0 amide bonds. The Hall–Kier alpha value is -2.74. The molecule has 1 unspecified atom stereocenters. The number of halogens is 1. The third-order valence-electron chi connectivity index (χ3n) is 4.77. The summed E-state index contributed by atoms with van der Waals surface area (Å²) in [6.07, 6.45) is 2.08. The maximum atomic E-state index is 13.0. The predicted molar refractivity (Wildman–Crippen MR) is 119 cm³/mol. The molecule has 0 spiro atoms. The second-order valence-corrected chi connectivity index (χ2v) is 8.36. The average molecular weight is 474 g/mol. The molecule has 30 heavy (non-hydrogen) atoms. The van der Waals surface area contributed by atoms with Crippen LogP contribution in [0.2, 0.25) is 0 Å². The van der Waals surface area contributed by atoms with Crippen LogP contribution in [0.5, 0.6) is 0 Å². The number of rotatable bonds is 7. The van der Waals surface area contributed by atoms with Crippen molar-refractivity contribution in [1.29, 1.82) is 0 Å². The van der Waals surface area contributed by atoms with Crippen LogP contribution >= 0.6 is 15.9 Å². The van der Waals surface area contributed by atoms with Gasteiger partial charge in [0.25, 0.3) is 5.56 Å². The molecule has 0 aliphatic carbocycles. The van der Waals surface area contributed by atoms with Crippen LogP contribution in [0.3, 0.4) is 0 Å². The lowest BCUT2D eigenvalue weighted by atomic mass is 10.1. The number of ether oxygens (including phenoxy) is 1. The van der Waals surface area contributed by atoms with Crippen molar-refractivity contribution in [2.45, 2.75) is 44.6 Å². The third kappa shape index (κ3) is 4.53. The number of fused-ring (bicyclic) bond motifs is 1. The van der Waals surface area contributed by atoms with E-state index in [9.17, 15) is 14.4 Å². The number of nitrogens with zero attached hydrogens (tertiary/aromatic N) is 3. The van der Waals surface area contributed by atoms with Gasteiger partial charge in [0.2, 0.25) is 0 Å². The van der Waals surface area contributed by atoms with Gasteiger partial charge < -0.3 is 4.74 Å². The van der Waals surface area contributed by atoms with Crippen LogP contribution in [0.25, 0.3) is 11.0 Å². The molecule has 0 aliphatic rings. The van der Waals surface area contributed by atoms with Crippen molar-refractivity contribution in [1.82, 2.24) is 14.1 Å². The molecule has 0 radical (unpaired) electrons. The van der Waals surface area contributed by atoms with E-state index in [-0.39, 0.29) is 29.8 Å². The van der Waals surface area contributed by atoms with E-state index in [0.717, 1.165) is 11.1 Å². The van der Waals surface area contributed by atoms with E-state index in [2.05, 4.69) is 20.9 Å². The summed E-state index contributed by atoms with van der Waals surface area (Å²) in [5.41, 5.74) is 1.52. The number of carbonyl (C=O) groups is 1. The summed E-state index contributed by atoms with van der Waals surface area (Å²) in [6, 6.07) is 10.8. The minimum absolute atomic E-state index is 0.262. The summed E-state index contributed by atoms with van der Waals surface area (Å²) in [4.78, 5) is 41.4. The highest BCUT2D eigenvalue weighted by molar-refractivity contribution is 9.10. The van der Waals surface area contributed by atoms with Gasteiger partial charge >= 0.3 is 11.7 Å². The van der Waals surface area contributed by atoms with Gasteiger partial charge in [0.15, 0.2) is 0 Å². The Morgan fingerprint density at radius 2 is 1.80 bits per heavy atom. The molecule has 0 saturated carbocycles. The summed E-state index contributed by atoms with van der Waals surface area (Å²) in [6.45, 7) is 6.02. The number of hydrogen-bond donors (Lipinski definition) is 0. The molecule has 8 heteroatoms. The zero-order valence-corrected chi connectivity index (χ0v) is 18.8. The Kier molecular flexibility index (Phi) is 6.87. The fraction of sp³-hybridized carbons (Fsp3) is 0.364. The van der Waals surface area contributed by atoms with E-state index in [1.165, 1.54) is 9.13 Å². The summed E-state index contributed by atoms with van der Waals surface area (Å²) in [5.74, 6) is -0.290. The molecule has 1 atom stereocenters. The van der Waals surface area contributed by atoms with Crippen LogP contribution in [0, 0.1) is 0 Å². The van der Waals surface area contributed by atoms with Crippen LogP contribution in [0.1, 0.15) is 37.9 Å². The molecule has 3 rings (SSSR count). The predicted octanol–water partition coefficient (Wildman–Crippen LogP) is 3.06. The van der Waals surface area contributed by atoms with E-state index >= 15 is 0 Å². The first-order valence-electron chi connectivity index (χ1n) is 9.82. The van der Waals surface area contributed by atoms with Gasteiger partial charge in [-0.05, 0) is 50.5 Å². The molecule has 0 saturated heterocycles. The lowest BCUT2D eigenvalue weighted by Crippen LogP contribution is -2.41. The highest BCUT2D eigenvalue weighted by atomic mass is 79.9. The molecular formula is C22H24BrN3O4. The van der Waals surface area contributed by atoms with Crippen molar-refractivity contribution in [3.05, 3.63) is 74.6 Å². The second-order valence-electron chi connectivity index (χ2n) is 7.25. The zero-order chi connectivity index (χ0) is 21.8. The standard InChI is InChI=1S/C22H24BrN3O4/c1-4-30-21(28)18(23)12-15-7-9-16(10-8-15)13-25-19-17(6-5-11-24-19)20(27)26(14(2)3)22(25)29/h5-11,14,18H,4,12-13H2,1-3H3. The number of hydrogen-bond acceptors (Lipinski definition) is 5. The highest BCUT2D eigenvalue weighted by Gasteiger charge is 2.18. The van der Waals surface area contributed by atoms with Crippen molar-refractivity contribution in [2.75, 3.05) is 6.61 Å². The molecular weight excluding hydrogens is 450 g/mol. The second kappa shape index (κ2) is 9.38. The molecule has 0 bridgehead atoms. The van der Waals surface area contributed by atoms with Gasteiger partial charge in [0, 0.05) is 12.2 Å². The van der Waals surface area contributed by atoms with Gasteiger partial charge in [-0.15, -0.1) is 0 Å². The normalized spacial score (nSPS) is 12.3. The average Bonchev–Trinajstić information content (AvgIpc) is 2.72. The van der Waals surface area contributed by atoms with E-state index in [1.807, 2.05) is 38.1 Å². The van der Waals surface area contributed by atoms with E-state index < -0.39 is 4.83 Å². The van der Waals surface area contributed by atoms with Gasteiger partial charge in [-0.2, -0.15) is 0 Å². The number of esters is 1. The Balaban J connectivity index is 1.93. The first-order valence-corrected chi connectivity index (χ1v) is 10.7. The monoisotopic (exact) mass is 473 g/mol. The molecule has 0 aliphatic heterocycles. The third-order valence-corrected chi connectivity index (χ3v) is 5.46. The van der Waals surface area contributed by atoms with Gasteiger partial charge in [-0.3, -0.25) is 18.7 Å². The SMILES string of the molecule is CCOC(=O)C(Br)Cc1ccc(Cn2c(=O)n(C(C)C)c(=O)c3cccnc32)cc1. The molecule has 0 fully saturated rings. The molecule has 7 nitrogen and oxygen atoms in total. The fourth-order valence-corrected chi connectivity index (χ4v) is 3.81. The lowest BCUT2D eigenvalue weighted by Gasteiger charge is -2.15. The minimum Gasteiger partial charge on any atom is -0.465 e. The van der Waals surface area contributed by atoms with Crippen LogP contribution < -0.4 is 11.2 Å². The topological polar surface area (TPSA) is 83.2 Å². The van der Waals surface area contributed by atoms with Crippen molar-refractivity contribution in [3.63, 3.8) is 0 Å². The molecule has 2 heterocycles. The maximum Gasteiger partial charge on any atom is 0.333 e. The molecule has 1 aromatic carbocycles. The number of alkyl halides is 1. The van der Waals surface area contributed by atoms with Crippen LogP contribution in [0.4, 0.5) is 0 Å². The molecule has 0 N–H and O–H groups in total. The zero-order valence-electron chi connectivity index (χ0n) is 17.2. The smallest absolute Gasteiger partial charge is 0.333 e. The van der Waals surface area contributed by atoms with Crippen molar-refractivity contribution < 1.29 is 9.53 Å². The van der Waals surface area contributed by atoms with E-state index in [0.29, 0.717) is 24.1 Å². The van der Waals surface area contributed by atoms with Crippen molar-refractivity contribution in [2.24, 2.45) is 0 Å². The van der Waals surface area contributed by atoms with E-state index in [1.54, 1.807) is 25.3 Å². The fourth-order valence-electron chi connectivity index (χ4n) is 3.30. The summed E-state index contributed by atoms with van der Waals surface area (Å²) >= 11 is 3.36. The lowest BCUT2D eigenvalue weighted by molar-refractivity contribution is -0.142. The van der Waals surface area contributed by atoms with Gasteiger partial charge in [0.05, 0.1) is 18.5 Å². The van der Waals surface area contributed by atoms with Crippen molar-refractivity contribution in [3.8, 4) is 0 Å². The Bertz CT molecular complexity index is 1170. The number of pyridine rings is 1. The van der Waals surface area contributed by atoms with Crippen LogP contribution in [0.15, 0.2) is 52.2 Å². The molecule has 2 aromatic heterocycles. The Morgan fingerprint density at radius 1 is 1.13 bits per heavy atom. The van der Waals surface area contributed by atoms with Crippen molar-refractivity contribution >= 4 is 32.9 Å². The Labute approximate surface area is 182 Å².